The minimum atomic E-state index is -0.558. The SMILES string of the molecule is Cn1ncc2c(=O)n(CCC(=O)Nc3ccc(F)c(Cl)c3)cnc21. The molecule has 0 saturated carbocycles. The van der Waals surface area contributed by atoms with Crippen LogP contribution in [-0.2, 0) is 18.4 Å². The summed E-state index contributed by atoms with van der Waals surface area (Å²) in [7, 11) is 1.69. The summed E-state index contributed by atoms with van der Waals surface area (Å²) in [6.45, 7) is 0.164. The van der Waals surface area contributed by atoms with Crippen molar-refractivity contribution in [2.24, 2.45) is 7.05 Å². The van der Waals surface area contributed by atoms with Crippen LogP contribution in [0.4, 0.5) is 10.1 Å². The Kier molecular flexibility index (Phi) is 4.30. The number of amides is 1. The first-order valence-corrected chi connectivity index (χ1v) is 7.45. The molecule has 24 heavy (non-hydrogen) atoms. The zero-order valence-electron chi connectivity index (χ0n) is 12.7. The molecule has 7 nitrogen and oxygen atoms in total. The highest BCUT2D eigenvalue weighted by Crippen LogP contribution is 2.19. The normalized spacial score (nSPS) is 11.0. The smallest absolute Gasteiger partial charge is 0.264 e. The number of nitrogens with zero attached hydrogens (tertiary/aromatic N) is 4. The standard InChI is InChI=1S/C15H13ClFN5O2/c1-21-14-10(7-19-21)15(24)22(8-18-14)5-4-13(23)20-9-2-3-12(17)11(16)6-9/h2-3,6-8H,4-5H2,1H3,(H,20,23). The lowest BCUT2D eigenvalue weighted by Crippen LogP contribution is -2.23. The highest BCUT2D eigenvalue weighted by atomic mass is 35.5. The highest BCUT2D eigenvalue weighted by Gasteiger charge is 2.10. The molecule has 124 valence electrons. The van der Waals surface area contributed by atoms with Crippen molar-refractivity contribution >= 4 is 34.2 Å². The summed E-state index contributed by atoms with van der Waals surface area (Å²) in [4.78, 5) is 28.4. The van der Waals surface area contributed by atoms with E-state index in [0.717, 1.165) is 0 Å². The average molecular weight is 350 g/mol. The number of aryl methyl sites for hydroxylation is 2. The van der Waals surface area contributed by atoms with Crippen LogP contribution in [0, 0.1) is 5.82 Å². The van der Waals surface area contributed by atoms with Gasteiger partial charge in [-0.1, -0.05) is 11.6 Å². The van der Waals surface area contributed by atoms with Crippen LogP contribution in [0.25, 0.3) is 11.0 Å². The summed E-state index contributed by atoms with van der Waals surface area (Å²) in [6.07, 6.45) is 2.89. The van der Waals surface area contributed by atoms with Crippen LogP contribution < -0.4 is 10.9 Å². The van der Waals surface area contributed by atoms with E-state index in [1.54, 1.807) is 7.05 Å². The van der Waals surface area contributed by atoms with E-state index in [9.17, 15) is 14.0 Å². The number of aromatic nitrogens is 4. The molecule has 1 amide bonds. The molecule has 0 aliphatic rings. The van der Waals surface area contributed by atoms with E-state index in [2.05, 4.69) is 15.4 Å². The van der Waals surface area contributed by atoms with Crippen molar-refractivity contribution in [3.05, 3.63) is 51.9 Å². The molecule has 2 aromatic heterocycles. The van der Waals surface area contributed by atoms with Gasteiger partial charge in [0.25, 0.3) is 5.56 Å². The molecular formula is C15H13ClFN5O2. The number of hydrogen-bond acceptors (Lipinski definition) is 4. The maximum atomic E-state index is 13.1. The van der Waals surface area contributed by atoms with Gasteiger partial charge in [-0.25, -0.2) is 9.37 Å². The van der Waals surface area contributed by atoms with E-state index in [4.69, 9.17) is 11.6 Å². The molecule has 1 N–H and O–H groups in total. The van der Waals surface area contributed by atoms with Crippen LogP contribution in [0.3, 0.4) is 0 Å². The number of carbonyl (C=O) groups is 1. The Labute approximate surface area is 140 Å². The van der Waals surface area contributed by atoms with Crippen molar-refractivity contribution in [3.8, 4) is 0 Å². The third-order valence-corrected chi connectivity index (χ3v) is 3.79. The van der Waals surface area contributed by atoms with Crippen molar-refractivity contribution in [2.75, 3.05) is 5.32 Å². The van der Waals surface area contributed by atoms with Gasteiger partial charge >= 0.3 is 0 Å². The Morgan fingerprint density at radius 2 is 2.21 bits per heavy atom. The zero-order valence-corrected chi connectivity index (χ0v) is 13.4. The lowest BCUT2D eigenvalue weighted by molar-refractivity contribution is -0.116. The summed E-state index contributed by atoms with van der Waals surface area (Å²) in [5.74, 6) is -0.882. The molecule has 2 heterocycles. The van der Waals surface area contributed by atoms with Crippen LogP contribution >= 0.6 is 11.6 Å². The Balaban J connectivity index is 1.69. The van der Waals surface area contributed by atoms with Crippen molar-refractivity contribution in [1.82, 2.24) is 19.3 Å². The number of anilines is 1. The predicted octanol–water partition coefficient (Wildman–Crippen LogP) is 1.95. The van der Waals surface area contributed by atoms with E-state index in [1.807, 2.05) is 0 Å². The van der Waals surface area contributed by atoms with E-state index >= 15 is 0 Å². The summed E-state index contributed by atoms with van der Waals surface area (Å²) < 4.78 is 15.9. The zero-order chi connectivity index (χ0) is 17.3. The first-order chi connectivity index (χ1) is 11.5. The fraction of sp³-hybridized carbons (Fsp3) is 0.200. The summed E-state index contributed by atoms with van der Waals surface area (Å²) in [6, 6.07) is 3.90. The van der Waals surface area contributed by atoms with Gasteiger partial charge in [-0.2, -0.15) is 5.10 Å². The summed E-state index contributed by atoms with van der Waals surface area (Å²) in [5.41, 5.74) is 0.618. The first-order valence-electron chi connectivity index (χ1n) is 7.08. The predicted molar refractivity (Wildman–Crippen MR) is 87.4 cm³/mol. The van der Waals surface area contributed by atoms with Crippen LogP contribution in [-0.4, -0.2) is 25.2 Å². The van der Waals surface area contributed by atoms with Gasteiger partial charge in [0.1, 0.15) is 11.2 Å². The van der Waals surface area contributed by atoms with Crippen LogP contribution in [0.2, 0.25) is 5.02 Å². The largest absolute Gasteiger partial charge is 0.326 e. The van der Waals surface area contributed by atoms with Gasteiger partial charge in [0.2, 0.25) is 5.91 Å². The Bertz CT molecular complexity index is 982. The lowest BCUT2D eigenvalue weighted by atomic mass is 10.3. The molecule has 0 fully saturated rings. The van der Waals surface area contributed by atoms with Crippen molar-refractivity contribution in [3.63, 3.8) is 0 Å². The number of nitrogens with one attached hydrogen (secondary N) is 1. The van der Waals surface area contributed by atoms with Crippen LogP contribution in [0.1, 0.15) is 6.42 Å². The minimum absolute atomic E-state index is 0.0579. The second-order valence-electron chi connectivity index (χ2n) is 5.18. The van der Waals surface area contributed by atoms with Gasteiger partial charge in [-0.05, 0) is 18.2 Å². The van der Waals surface area contributed by atoms with Gasteiger partial charge in [-0.15, -0.1) is 0 Å². The Hall–Kier alpha value is -2.74. The molecule has 0 aliphatic carbocycles. The monoisotopic (exact) mass is 349 g/mol. The molecular weight excluding hydrogens is 337 g/mol. The lowest BCUT2D eigenvalue weighted by Gasteiger charge is -2.07. The fourth-order valence-corrected chi connectivity index (χ4v) is 2.43. The molecule has 9 heteroatoms. The van der Waals surface area contributed by atoms with Crippen molar-refractivity contribution in [1.29, 1.82) is 0 Å². The number of hydrogen-bond donors (Lipinski definition) is 1. The molecule has 0 atom stereocenters. The second-order valence-corrected chi connectivity index (χ2v) is 5.58. The van der Waals surface area contributed by atoms with Gasteiger partial charge in [0, 0.05) is 25.7 Å². The third kappa shape index (κ3) is 3.13. The van der Waals surface area contributed by atoms with Gasteiger partial charge in [-0.3, -0.25) is 18.8 Å². The van der Waals surface area contributed by atoms with Gasteiger partial charge in [0.15, 0.2) is 5.65 Å². The Morgan fingerprint density at radius 3 is 2.96 bits per heavy atom. The van der Waals surface area contributed by atoms with Gasteiger partial charge < -0.3 is 5.32 Å². The van der Waals surface area contributed by atoms with Crippen LogP contribution in [0.5, 0.6) is 0 Å². The molecule has 1 aromatic carbocycles. The quantitative estimate of drug-likeness (QED) is 0.780. The fourth-order valence-electron chi connectivity index (χ4n) is 2.25. The number of benzene rings is 1. The van der Waals surface area contributed by atoms with E-state index in [1.165, 1.54) is 40.0 Å². The summed E-state index contributed by atoms with van der Waals surface area (Å²) in [5, 5.41) is 6.90. The van der Waals surface area contributed by atoms with E-state index in [0.29, 0.717) is 16.7 Å². The Morgan fingerprint density at radius 1 is 1.42 bits per heavy atom. The topological polar surface area (TPSA) is 81.8 Å². The summed E-state index contributed by atoms with van der Waals surface area (Å²) >= 11 is 5.66. The molecule has 0 unspecified atom stereocenters. The van der Waals surface area contributed by atoms with E-state index < -0.39 is 5.82 Å². The average Bonchev–Trinajstić information content (AvgIpc) is 2.92. The maximum Gasteiger partial charge on any atom is 0.264 e. The molecule has 0 bridgehead atoms. The van der Waals surface area contributed by atoms with Gasteiger partial charge in [0.05, 0.1) is 17.5 Å². The number of fused-ring (bicyclic) bond motifs is 1. The molecule has 0 radical (unpaired) electrons. The minimum Gasteiger partial charge on any atom is -0.326 e. The second kappa shape index (κ2) is 6.40. The number of carbonyl (C=O) groups excluding carboxylic acids is 1. The first kappa shape index (κ1) is 16.1. The molecule has 0 spiro atoms. The molecule has 0 saturated heterocycles. The third-order valence-electron chi connectivity index (χ3n) is 3.50. The highest BCUT2D eigenvalue weighted by molar-refractivity contribution is 6.31. The molecule has 3 rings (SSSR count). The van der Waals surface area contributed by atoms with Crippen LogP contribution in [0.15, 0.2) is 35.5 Å². The number of halogens is 2. The molecule has 3 aromatic rings. The van der Waals surface area contributed by atoms with Crippen molar-refractivity contribution in [2.45, 2.75) is 13.0 Å². The number of rotatable bonds is 4. The molecule has 0 aliphatic heterocycles. The van der Waals surface area contributed by atoms with E-state index in [-0.39, 0.29) is 29.5 Å². The maximum absolute atomic E-state index is 13.1. The van der Waals surface area contributed by atoms with Crippen molar-refractivity contribution < 1.29 is 9.18 Å².